The zero-order valence-corrected chi connectivity index (χ0v) is 14.9. The molecular formula is C18H24N6O2. The molecule has 2 aromatic rings. The van der Waals surface area contributed by atoms with E-state index in [-0.39, 0.29) is 5.91 Å². The van der Waals surface area contributed by atoms with E-state index in [1.54, 1.807) is 6.20 Å². The van der Waals surface area contributed by atoms with Crippen molar-refractivity contribution in [2.24, 2.45) is 0 Å². The van der Waals surface area contributed by atoms with E-state index in [1.165, 1.54) is 6.92 Å². The summed E-state index contributed by atoms with van der Waals surface area (Å²) in [6, 6.07) is 9.24. The van der Waals surface area contributed by atoms with Gasteiger partial charge in [-0.05, 0) is 30.3 Å². The van der Waals surface area contributed by atoms with Crippen molar-refractivity contribution < 1.29 is 9.53 Å². The number of nitrogens with one attached hydrogen (secondary N) is 3. The average molecular weight is 356 g/mol. The first-order valence-corrected chi connectivity index (χ1v) is 8.71. The maximum absolute atomic E-state index is 11.1. The second kappa shape index (κ2) is 9.12. The van der Waals surface area contributed by atoms with Gasteiger partial charge >= 0.3 is 0 Å². The van der Waals surface area contributed by atoms with E-state index in [4.69, 9.17) is 4.74 Å². The van der Waals surface area contributed by atoms with Crippen LogP contribution in [0.3, 0.4) is 0 Å². The fraction of sp³-hybridized carbons (Fsp3) is 0.389. The predicted octanol–water partition coefficient (Wildman–Crippen LogP) is 1.92. The molecule has 2 heterocycles. The summed E-state index contributed by atoms with van der Waals surface area (Å²) < 4.78 is 5.35. The highest BCUT2D eigenvalue weighted by Crippen LogP contribution is 2.17. The van der Waals surface area contributed by atoms with E-state index in [0.717, 1.165) is 56.6 Å². The van der Waals surface area contributed by atoms with Crippen molar-refractivity contribution >= 4 is 29.0 Å². The molecule has 138 valence electrons. The van der Waals surface area contributed by atoms with Crippen molar-refractivity contribution in [3.8, 4) is 0 Å². The summed E-state index contributed by atoms with van der Waals surface area (Å²) in [7, 11) is 0. The Labute approximate surface area is 153 Å². The van der Waals surface area contributed by atoms with Gasteiger partial charge < -0.3 is 20.7 Å². The Morgan fingerprint density at radius 1 is 1.15 bits per heavy atom. The van der Waals surface area contributed by atoms with Gasteiger partial charge in [0.15, 0.2) is 0 Å². The van der Waals surface area contributed by atoms with Crippen LogP contribution in [0.5, 0.6) is 0 Å². The summed E-state index contributed by atoms with van der Waals surface area (Å²) in [6.07, 6.45) is 1.72. The highest BCUT2D eigenvalue weighted by Gasteiger charge is 2.09. The minimum atomic E-state index is -0.0927. The molecule has 0 bridgehead atoms. The first-order chi connectivity index (χ1) is 12.7. The van der Waals surface area contributed by atoms with Gasteiger partial charge in [0.25, 0.3) is 0 Å². The second-order valence-corrected chi connectivity index (χ2v) is 6.03. The summed E-state index contributed by atoms with van der Waals surface area (Å²) in [4.78, 5) is 22.1. The zero-order valence-electron chi connectivity index (χ0n) is 14.9. The topological polar surface area (TPSA) is 91.4 Å². The van der Waals surface area contributed by atoms with Crippen LogP contribution in [-0.4, -0.2) is 60.2 Å². The third kappa shape index (κ3) is 5.68. The van der Waals surface area contributed by atoms with Crippen molar-refractivity contribution in [2.45, 2.75) is 6.92 Å². The average Bonchev–Trinajstić information content (AvgIpc) is 2.64. The highest BCUT2D eigenvalue weighted by atomic mass is 16.5. The minimum absolute atomic E-state index is 0.0927. The first kappa shape index (κ1) is 18.1. The lowest BCUT2D eigenvalue weighted by atomic mass is 10.3. The molecule has 1 aliphatic rings. The molecule has 3 N–H and O–H groups in total. The lowest BCUT2D eigenvalue weighted by Crippen LogP contribution is -2.39. The molecule has 26 heavy (non-hydrogen) atoms. The molecular weight excluding hydrogens is 332 g/mol. The maximum atomic E-state index is 11.1. The number of benzene rings is 1. The van der Waals surface area contributed by atoms with Crippen LogP contribution >= 0.6 is 0 Å². The summed E-state index contributed by atoms with van der Waals surface area (Å²) >= 11 is 0. The van der Waals surface area contributed by atoms with E-state index in [0.29, 0.717) is 5.95 Å². The number of carbonyl (C=O) groups excluding carboxylic acids is 1. The number of morpholine rings is 1. The lowest BCUT2D eigenvalue weighted by molar-refractivity contribution is -0.114. The SMILES string of the molecule is CC(=O)Nc1ccc(Nc2nccc(NCCN3CCOCC3)n2)cc1. The molecule has 1 aromatic carbocycles. The quantitative estimate of drug-likeness (QED) is 0.698. The first-order valence-electron chi connectivity index (χ1n) is 8.71. The van der Waals surface area contributed by atoms with E-state index in [2.05, 4.69) is 30.8 Å². The normalized spacial score (nSPS) is 14.7. The van der Waals surface area contributed by atoms with Crippen molar-refractivity contribution in [3.63, 3.8) is 0 Å². The molecule has 0 atom stereocenters. The maximum Gasteiger partial charge on any atom is 0.229 e. The van der Waals surface area contributed by atoms with Crippen LogP contribution < -0.4 is 16.0 Å². The number of nitrogens with zero attached hydrogens (tertiary/aromatic N) is 3. The van der Waals surface area contributed by atoms with Crippen molar-refractivity contribution in [1.29, 1.82) is 0 Å². The predicted molar refractivity (Wildman–Crippen MR) is 102 cm³/mol. The number of hydrogen-bond acceptors (Lipinski definition) is 7. The van der Waals surface area contributed by atoms with Crippen LogP contribution in [0.1, 0.15) is 6.92 Å². The van der Waals surface area contributed by atoms with Crippen LogP contribution in [0.2, 0.25) is 0 Å². The summed E-state index contributed by atoms with van der Waals surface area (Å²) in [6.45, 7) is 6.84. The summed E-state index contributed by atoms with van der Waals surface area (Å²) in [5.74, 6) is 1.21. The van der Waals surface area contributed by atoms with Crippen LogP contribution in [0.15, 0.2) is 36.5 Å². The standard InChI is InChI=1S/C18H24N6O2/c1-14(25)21-15-2-4-16(5-3-15)22-18-20-7-6-17(23-18)19-8-9-24-10-12-26-13-11-24/h2-7H,8-13H2,1H3,(H,21,25)(H2,19,20,22,23). The number of hydrogen-bond donors (Lipinski definition) is 3. The molecule has 0 spiro atoms. The minimum Gasteiger partial charge on any atom is -0.379 e. The molecule has 3 rings (SSSR count). The van der Waals surface area contributed by atoms with Gasteiger partial charge in [0.05, 0.1) is 13.2 Å². The van der Waals surface area contributed by atoms with Gasteiger partial charge in [-0.2, -0.15) is 4.98 Å². The van der Waals surface area contributed by atoms with Gasteiger partial charge in [-0.1, -0.05) is 0 Å². The fourth-order valence-electron chi connectivity index (χ4n) is 2.65. The van der Waals surface area contributed by atoms with Crippen molar-refractivity contribution in [1.82, 2.24) is 14.9 Å². The molecule has 8 heteroatoms. The number of aromatic nitrogens is 2. The van der Waals surface area contributed by atoms with Crippen molar-refractivity contribution in [2.75, 3.05) is 55.3 Å². The van der Waals surface area contributed by atoms with Crippen LogP contribution in [0, 0.1) is 0 Å². The van der Waals surface area contributed by atoms with Gasteiger partial charge in [0, 0.05) is 50.7 Å². The number of anilines is 4. The van der Waals surface area contributed by atoms with E-state index < -0.39 is 0 Å². The number of ether oxygens (including phenoxy) is 1. The highest BCUT2D eigenvalue weighted by molar-refractivity contribution is 5.88. The zero-order chi connectivity index (χ0) is 18.2. The third-order valence-electron chi connectivity index (χ3n) is 3.95. The Balaban J connectivity index is 1.51. The Hall–Kier alpha value is -2.71. The Morgan fingerprint density at radius 2 is 1.88 bits per heavy atom. The van der Waals surface area contributed by atoms with Crippen LogP contribution in [0.25, 0.3) is 0 Å². The Bertz CT molecular complexity index is 716. The van der Waals surface area contributed by atoms with Gasteiger partial charge in [0.2, 0.25) is 11.9 Å². The van der Waals surface area contributed by atoms with Gasteiger partial charge in [0.1, 0.15) is 5.82 Å². The van der Waals surface area contributed by atoms with Crippen LogP contribution in [-0.2, 0) is 9.53 Å². The third-order valence-corrected chi connectivity index (χ3v) is 3.95. The van der Waals surface area contributed by atoms with E-state index in [9.17, 15) is 4.79 Å². The van der Waals surface area contributed by atoms with Gasteiger partial charge in [-0.25, -0.2) is 4.98 Å². The number of carbonyl (C=O) groups is 1. The molecule has 0 saturated carbocycles. The lowest BCUT2D eigenvalue weighted by Gasteiger charge is -2.26. The Morgan fingerprint density at radius 3 is 2.62 bits per heavy atom. The van der Waals surface area contributed by atoms with Crippen LogP contribution in [0.4, 0.5) is 23.1 Å². The van der Waals surface area contributed by atoms with Gasteiger partial charge in [-0.3, -0.25) is 9.69 Å². The molecule has 1 fully saturated rings. The van der Waals surface area contributed by atoms with E-state index in [1.807, 2.05) is 30.3 Å². The summed E-state index contributed by atoms with van der Waals surface area (Å²) in [5, 5.41) is 9.23. The molecule has 1 aliphatic heterocycles. The molecule has 0 radical (unpaired) electrons. The summed E-state index contributed by atoms with van der Waals surface area (Å²) in [5.41, 5.74) is 1.60. The molecule has 1 amide bonds. The van der Waals surface area contributed by atoms with E-state index >= 15 is 0 Å². The fourth-order valence-corrected chi connectivity index (χ4v) is 2.65. The smallest absolute Gasteiger partial charge is 0.229 e. The molecule has 0 unspecified atom stereocenters. The Kier molecular flexibility index (Phi) is 6.34. The largest absolute Gasteiger partial charge is 0.379 e. The second-order valence-electron chi connectivity index (χ2n) is 6.03. The van der Waals surface area contributed by atoms with Crippen molar-refractivity contribution in [3.05, 3.63) is 36.5 Å². The molecule has 1 saturated heterocycles. The number of amides is 1. The molecule has 0 aliphatic carbocycles. The molecule has 1 aromatic heterocycles. The van der Waals surface area contributed by atoms with Gasteiger partial charge in [-0.15, -0.1) is 0 Å². The number of rotatable bonds is 7. The monoisotopic (exact) mass is 356 g/mol. The molecule has 8 nitrogen and oxygen atoms in total.